The van der Waals surface area contributed by atoms with Gasteiger partial charge in [-0.05, 0) is 12.1 Å². The molecular weight excluding hydrogens is 300 g/mol. The summed E-state index contributed by atoms with van der Waals surface area (Å²) in [6.45, 7) is 0. The number of hydrogen-bond donors (Lipinski definition) is 2. The molecule has 0 unspecified atom stereocenters. The molecule has 0 bridgehead atoms. The monoisotopic (exact) mass is 310 g/mol. The van der Waals surface area contributed by atoms with Crippen LogP contribution >= 0.6 is 0 Å². The molecule has 0 radical (unpaired) electrons. The maximum Gasteiger partial charge on any atom is 0.305 e. The van der Waals surface area contributed by atoms with Gasteiger partial charge in [0.25, 0.3) is 0 Å². The predicted octanol–water partition coefficient (Wildman–Crippen LogP) is 3.58. The number of fused-ring (bicyclic) bond motifs is 5. The molecule has 2 aromatic carbocycles. The average molecular weight is 310 g/mol. The van der Waals surface area contributed by atoms with Crippen molar-refractivity contribution in [1.29, 1.82) is 0 Å². The summed E-state index contributed by atoms with van der Waals surface area (Å²) in [5.41, 5.74) is 2.68. The standard InChI is InChI=1S/C16H10N2O5/c17-22-15-3-7-1-9-10-2-8-4-16(23-18)21-12(8)6-14(10)19-13(9)5-11(7)20-15/h1-6H,17-18H2. The number of hydrogen-bond acceptors (Lipinski definition) is 7. The molecule has 0 atom stereocenters. The highest BCUT2D eigenvalue weighted by Crippen LogP contribution is 2.37. The molecule has 7 nitrogen and oxygen atoms in total. The van der Waals surface area contributed by atoms with Crippen molar-refractivity contribution >= 4 is 43.9 Å². The van der Waals surface area contributed by atoms with Crippen molar-refractivity contribution in [3.63, 3.8) is 0 Å². The van der Waals surface area contributed by atoms with Gasteiger partial charge in [-0.25, -0.2) is 0 Å². The highest BCUT2D eigenvalue weighted by atomic mass is 16.7. The zero-order valence-corrected chi connectivity index (χ0v) is 11.7. The van der Waals surface area contributed by atoms with Crippen LogP contribution in [0.2, 0.25) is 0 Å². The average Bonchev–Trinajstić information content (AvgIpc) is 3.23. The first-order valence-corrected chi connectivity index (χ1v) is 6.82. The van der Waals surface area contributed by atoms with Gasteiger partial charge in [-0.1, -0.05) is 0 Å². The van der Waals surface area contributed by atoms with Crippen LogP contribution in [0.15, 0.2) is 49.6 Å². The Morgan fingerprint density at radius 2 is 1.04 bits per heavy atom. The van der Waals surface area contributed by atoms with Crippen LogP contribution in [0.4, 0.5) is 0 Å². The van der Waals surface area contributed by atoms with Crippen LogP contribution in [-0.4, -0.2) is 0 Å². The smallest absolute Gasteiger partial charge is 0.305 e. The molecule has 0 saturated heterocycles. The lowest BCUT2D eigenvalue weighted by molar-refractivity contribution is 0.258. The largest absolute Gasteiger partial charge is 0.456 e. The van der Waals surface area contributed by atoms with E-state index in [0.29, 0.717) is 22.3 Å². The summed E-state index contributed by atoms with van der Waals surface area (Å²) in [4.78, 5) is 9.25. The maximum absolute atomic E-state index is 5.89. The van der Waals surface area contributed by atoms with E-state index in [-0.39, 0.29) is 11.9 Å². The maximum atomic E-state index is 5.89. The summed E-state index contributed by atoms with van der Waals surface area (Å²) in [7, 11) is 0. The van der Waals surface area contributed by atoms with Gasteiger partial charge < -0.3 is 22.9 Å². The molecule has 0 aliphatic heterocycles. The zero-order chi connectivity index (χ0) is 15.6. The van der Waals surface area contributed by atoms with E-state index < -0.39 is 0 Å². The summed E-state index contributed by atoms with van der Waals surface area (Å²) in [5, 5.41) is 3.66. The molecular formula is C16H10N2O5. The quantitative estimate of drug-likeness (QED) is 0.479. The molecule has 5 aromatic rings. The Morgan fingerprint density at radius 3 is 1.48 bits per heavy atom. The van der Waals surface area contributed by atoms with Gasteiger partial charge in [-0.15, -0.1) is 0 Å². The Balaban J connectivity index is 1.86. The van der Waals surface area contributed by atoms with Crippen LogP contribution in [0.5, 0.6) is 11.9 Å². The van der Waals surface area contributed by atoms with E-state index in [2.05, 4.69) is 9.68 Å². The van der Waals surface area contributed by atoms with Crippen molar-refractivity contribution in [2.75, 3.05) is 0 Å². The topological polar surface area (TPSA) is 110 Å². The Morgan fingerprint density at radius 1 is 0.565 bits per heavy atom. The summed E-state index contributed by atoms with van der Waals surface area (Å²) in [6, 6.07) is 11.0. The van der Waals surface area contributed by atoms with Crippen molar-refractivity contribution in [3.8, 4) is 11.9 Å². The summed E-state index contributed by atoms with van der Waals surface area (Å²) >= 11 is 0. The first kappa shape index (κ1) is 12.4. The molecule has 7 heteroatoms. The predicted molar refractivity (Wildman–Crippen MR) is 82.9 cm³/mol. The molecule has 5 rings (SSSR count). The second-order valence-corrected chi connectivity index (χ2v) is 5.24. The normalized spacial score (nSPS) is 11.9. The third kappa shape index (κ3) is 1.65. The van der Waals surface area contributed by atoms with Gasteiger partial charge in [-0.2, -0.15) is 11.8 Å². The molecule has 3 aromatic heterocycles. The lowest BCUT2D eigenvalue weighted by Crippen LogP contribution is -1.99. The molecule has 0 aliphatic carbocycles. The molecule has 23 heavy (non-hydrogen) atoms. The van der Waals surface area contributed by atoms with Gasteiger partial charge in [-0.3, -0.25) is 0 Å². The Labute approximate surface area is 127 Å². The molecule has 114 valence electrons. The van der Waals surface area contributed by atoms with Gasteiger partial charge in [0.15, 0.2) is 0 Å². The second-order valence-electron chi connectivity index (χ2n) is 5.24. The lowest BCUT2D eigenvalue weighted by Gasteiger charge is -1.90. The fourth-order valence-electron chi connectivity index (χ4n) is 2.91. The fraction of sp³-hybridized carbons (Fsp3) is 0. The van der Waals surface area contributed by atoms with Crippen LogP contribution < -0.4 is 21.5 Å². The minimum Gasteiger partial charge on any atom is -0.456 e. The van der Waals surface area contributed by atoms with Crippen molar-refractivity contribution in [2.45, 2.75) is 0 Å². The SMILES string of the molecule is NOc1cc2cc3c(cc2o1)oc1cc2oc(ON)cc2cc13. The number of benzene rings is 2. The highest BCUT2D eigenvalue weighted by Gasteiger charge is 2.14. The Kier molecular flexibility index (Phi) is 2.26. The summed E-state index contributed by atoms with van der Waals surface area (Å²) in [5.74, 6) is 10.8. The first-order chi connectivity index (χ1) is 11.2. The second kappa shape index (κ2) is 4.19. The van der Waals surface area contributed by atoms with Crippen LogP contribution in [0.3, 0.4) is 0 Å². The Hall–Kier alpha value is -3.16. The van der Waals surface area contributed by atoms with Gasteiger partial charge in [0.2, 0.25) is 0 Å². The van der Waals surface area contributed by atoms with Crippen molar-refractivity contribution < 1.29 is 22.9 Å². The zero-order valence-electron chi connectivity index (χ0n) is 11.7. The third-order valence-electron chi connectivity index (χ3n) is 3.93. The molecule has 3 heterocycles. The first-order valence-electron chi connectivity index (χ1n) is 6.82. The van der Waals surface area contributed by atoms with Crippen molar-refractivity contribution in [2.24, 2.45) is 11.8 Å². The molecule has 0 fully saturated rings. The Bertz CT molecular complexity index is 1100. The van der Waals surface area contributed by atoms with E-state index in [9.17, 15) is 0 Å². The third-order valence-corrected chi connectivity index (χ3v) is 3.93. The van der Waals surface area contributed by atoms with Crippen LogP contribution in [0, 0.1) is 0 Å². The molecule has 0 amide bonds. The summed E-state index contributed by atoms with van der Waals surface area (Å²) < 4.78 is 16.8. The summed E-state index contributed by atoms with van der Waals surface area (Å²) in [6.07, 6.45) is 0. The van der Waals surface area contributed by atoms with Crippen molar-refractivity contribution in [3.05, 3.63) is 36.4 Å². The number of nitrogens with two attached hydrogens (primary N) is 2. The van der Waals surface area contributed by atoms with E-state index in [1.807, 2.05) is 24.3 Å². The highest BCUT2D eigenvalue weighted by molar-refractivity contribution is 6.12. The van der Waals surface area contributed by atoms with Gasteiger partial charge in [0.1, 0.15) is 22.3 Å². The minimum absolute atomic E-state index is 0.249. The van der Waals surface area contributed by atoms with Gasteiger partial charge in [0, 0.05) is 45.8 Å². The van der Waals surface area contributed by atoms with E-state index >= 15 is 0 Å². The van der Waals surface area contributed by atoms with Crippen LogP contribution in [-0.2, 0) is 0 Å². The van der Waals surface area contributed by atoms with E-state index in [1.54, 1.807) is 12.1 Å². The molecule has 0 aliphatic rings. The number of furan rings is 3. The molecule has 0 spiro atoms. The van der Waals surface area contributed by atoms with Gasteiger partial charge >= 0.3 is 11.9 Å². The van der Waals surface area contributed by atoms with E-state index in [1.165, 1.54) is 0 Å². The molecule has 0 saturated carbocycles. The minimum atomic E-state index is 0.249. The lowest BCUT2D eigenvalue weighted by atomic mass is 10.1. The number of rotatable bonds is 2. The van der Waals surface area contributed by atoms with Gasteiger partial charge in [0.05, 0.1) is 0 Å². The van der Waals surface area contributed by atoms with Crippen molar-refractivity contribution in [1.82, 2.24) is 0 Å². The molecule has 4 N–H and O–H groups in total. The van der Waals surface area contributed by atoms with Crippen LogP contribution in [0.1, 0.15) is 0 Å². The van der Waals surface area contributed by atoms with E-state index in [0.717, 1.165) is 21.5 Å². The van der Waals surface area contributed by atoms with Crippen LogP contribution in [0.25, 0.3) is 43.9 Å². The fourth-order valence-corrected chi connectivity index (χ4v) is 2.91. The van der Waals surface area contributed by atoms with E-state index in [4.69, 9.17) is 25.0 Å².